The van der Waals surface area contributed by atoms with Crippen molar-refractivity contribution in [2.75, 3.05) is 13.7 Å². The van der Waals surface area contributed by atoms with Crippen molar-refractivity contribution in [3.05, 3.63) is 29.8 Å². The number of methoxy groups -OCH3 is 1. The first kappa shape index (κ1) is 13.4. The number of phenolic OH excluding ortho intramolecular Hbond substituents is 1. The van der Waals surface area contributed by atoms with E-state index in [1.165, 1.54) is 7.11 Å². The molecule has 0 radical (unpaired) electrons. The first-order chi connectivity index (χ1) is 9.02. The molecule has 1 aliphatic rings. The predicted octanol–water partition coefficient (Wildman–Crippen LogP) is 1.47. The molecule has 1 N–H and O–H groups in total. The lowest BCUT2D eigenvalue weighted by atomic mass is 10.1. The number of hydrogen-bond acceptors (Lipinski definition) is 4. The van der Waals surface area contributed by atoms with Crippen molar-refractivity contribution in [2.45, 2.75) is 19.4 Å². The number of esters is 1. The van der Waals surface area contributed by atoms with Crippen molar-refractivity contribution < 1.29 is 19.4 Å². The van der Waals surface area contributed by atoms with E-state index in [0.717, 1.165) is 5.56 Å². The third kappa shape index (κ3) is 2.70. The molecule has 1 saturated heterocycles. The summed E-state index contributed by atoms with van der Waals surface area (Å²) < 4.78 is 4.68. The van der Waals surface area contributed by atoms with E-state index in [0.29, 0.717) is 6.54 Å². The van der Waals surface area contributed by atoms with Crippen LogP contribution >= 0.6 is 0 Å². The number of rotatable bonds is 3. The summed E-state index contributed by atoms with van der Waals surface area (Å²) in [6, 6.07) is 6.61. The zero-order valence-electron chi connectivity index (χ0n) is 11.0. The second kappa shape index (κ2) is 5.30. The van der Waals surface area contributed by atoms with Gasteiger partial charge in [0.15, 0.2) is 0 Å². The Bertz CT molecular complexity index is 483. The summed E-state index contributed by atoms with van der Waals surface area (Å²) in [6.45, 7) is 2.29. The van der Waals surface area contributed by atoms with Gasteiger partial charge in [0, 0.05) is 13.0 Å². The number of aromatic hydroxyl groups is 1. The highest BCUT2D eigenvalue weighted by Gasteiger charge is 2.37. The number of phenols is 1. The maximum atomic E-state index is 12.0. The second-order valence-electron chi connectivity index (χ2n) is 4.74. The van der Waals surface area contributed by atoms with Gasteiger partial charge in [-0.25, -0.2) is 0 Å². The fourth-order valence-corrected chi connectivity index (χ4v) is 2.36. The molecule has 2 unspecified atom stereocenters. The third-order valence-electron chi connectivity index (χ3n) is 3.54. The van der Waals surface area contributed by atoms with Crippen LogP contribution in [0.3, 0.4) is 0 Å². The van der Waals surface area contributed by atoms with Crippen LogP contribution in [-0.4, -0.2) is 35.5 Å². The first-order valence-electron chi connectivity index (χ1n) is 6.19. The summed E-state index contributed by atoms with van der Waals surface area (Å²) in [4.78, 5) is 25.1. The SMILES string of the molecule is COC(=O)C1CC(=O)N(C(C)c2ccc(O)cc2)C1. The average molecular weight is 263 g/mol. The Morgan fingerprint density at radius 3 is 2.63 bits per heavy atom. The number of hydrogen-bond donors (Lipinski definition) is 1. The Labute approximate surface area is 111 Å². The Hall–Kier alpha value is -2.04. The largest absolute Gasteiger partial charge is 0.508 e. The van der Waals surface area contributed by atoms with Gasteiger partial charge in [0.1, 0.15) is 5.75 Å². The monoisotopic (exact) mass is 263 g/mol. The normalized spacial score (nSPS) is 20.4. The standard InChI is InChI=1S/C14H17NO4/c1-9(10-3-5-12(16)6-4-10)15-8-11(7-13(15)17)14(18)19-2/h3-6,9,11,16H,7-8H2,1-2H3. The van der Waals surface area contributed by atoms with E-state index >= 15 is 0 Å². The lowest BCUT2D eigenvalue weighted by Gasteiger charge is -2.25. The molecule has 1 aliphatic heterocycles. The van der Waals surface area contributed by atoms with E-state index in [2.05, 4.69) is 4.74 Å². The number of amides is 1. The molecule has 0 saturated carbocycles. The zero-order valence-corrected chi connectivity index (χ0v) is 11.0. The van der Waals surface area contributed by atoms with Crippen LogP contribution in [0.1, 0.15) is 24.9 Å². The molecule has 0 aromatic heterocycles. The van der Waals surface area contributed by atoms with Crippen molar-refractivity contribution in [3.63, 3.8) is 0 Å². The summed E-state index contributed by atoms with van der Waals surface area (Å²) in [7, 11) is 1.33. The summed E-state index contributed by atoms with van der Waals surface area (Å²) in [5.41, 5.74) is 0.927. The maximum Gasteiger partial charge on any atom is 0.310 e. The molecule has 102 valence electrons. The summed E-state index contributed by atoms with van der Waals surface area (Å²) >= 11 is 0. The fraction of sp³-hybridized carbons (Fsp3) is 0.429. The summed E-state index contributed by atoms with van der Waals surface area (Å²) in [6.07, 6.45) is 0.203. The predicted molar refractivity (Wildman–Crippen MR) is 68.4 cm³/mol. The van der Waals surface area contributed by atoms with Gasteiger partial charge >= 0.3 is 5.97 Å². The minimum absolute atomic E-state index is 0.0454. The van der Waals surface area contributed by atoms with Gasteiger partial charge in [-0.2, -0.15) is 0 Å². The van der Waals surface area contributed by atoms with Crippen molar-refractivity contribution >= 4 is 11.9 Å². The van der Waals surface area contributed by atoms with Crippen molar-refractivity contribution in [1.82, 2.24) is 4.90 Å². The smallest absolute Gasteiger partial charge is 0.310 e. The van der Waals surface area contributed by atoms with Crippen molar-refractivity contribution in [3.8, 4) is 5.75 Å². The minimum atomic E-state index is -0.378. The molecule has 1 fully saturated rings. The highest BCUT2D eigenvalue weighted by molar-refractivity contribution is 5.87. The van der Waals surface area contributed by atoms with E-state index in [-0.39, 0.29) is 36.0 Å². The van der Waals surface area contributed by atoms with Gasteiger partial charge in [-0.1, -0.05) is 12.1 Å². The van der Waals surface area contributed by atoms with Crippen LogP contribution in [0.15, 0.2) is 24.3 Å². The van der Waals surface area contributed by atoms with Gasteiger partial charge < -0.3 is 14.7 Å². The van der Waals surface area contributed by atoms with Crippen LogP contribution in [-0.2, 0) is 14.3 Å². The number of nitrogens with zero attached hydrogens (tertiary/aromatic N) is 1. The molecule has 1 heterocycles. The molecule has 1 aromatic rings. The zero-order chi connectivity index (χ0) is 14.0. The van der Waals surface area contributed by atoms with Crippen LogP contribution < -0.4 is 0 Å². The van der Waals surface area contributed by atoms with E-state index in [9.17, 15) is 14.7 Å². The maximum absolute atomic E-state index is 12.0. The van der Waals surface area contributed by atoms with E-state index < -0.39 is 0 Å². The number of carbonyl (C=O) groups excluding carboxylic acids is 2. The third-order valence-corrected chi connectivity index (χ3v) is 3.54. The Morgan fingerprint density at radius 1 is 1.42 bits per heavy atom. The molecular formula is C14H17NO4. The summed E-state index contributed by atoms with van der Waals surface area (Å²) in [5.74, 6) is -0.571. The molecule has 0 spiro atoms. The van der Waals surface area contributed by atoms with Crippen LogP contribution in [0.25, 0.3) is 0 Å². The molecule has 2 rings (SSSR count). The first-order valence-corrected chi connectivity index (χ1v) is 6.19. The van der Waals surface area contributed by atoms with Gasteiger partial charge in [0.05, 0.1) is 19.1 Å². The van der Waals surface area contributed by atoms with E-state index in [1.807, 2.05) is 6.92 Å². The molecule has 5 nitrogen and oxygen atoms in total. The van der Waals surface area contributed by atoms with Crippen LogP contribution in [0, 0.1) is 5.92 Å². The lowest BCUT2D eigenvalue weighted by molar-refractivity contribution is -0.145. The molecule has 1 amide bonds. The van der Waals surface area contributed by atoms with Gasteiger partial charge in [-0.05, 0) is 24.6 Å². The van der Waals surface area contributed by atoms with Gasteiger partial charge in [0.25, 0.3) is 0 Å². The van der Waals surface area contributed by atoms with Crippen LogP contribution in [0.2, 0.25) is 0 Å². The molecule has 0 aliphatic carbocycles. The lowest BCUT2D eigenvalue weighted by Crippen LogP contribution is -2.29. The number of ether oxygens (including phenoxy) is 1. The molecule has 5 heteroatoms. The Balaban J connectivity index is 2.11. The summed E-state index contributed by atoms with van der Waals surface area (Å²) in [5, 5.41) is 9.26. The highest BCUT2D eigenvalue weighted by atomic mass is 16.5. The van der Waals surface area contributed by atoms with E-state index in [4.69, 9.17) is 0 Å². The highest BCUT2D eigenvalue weighted by Crippen LogP contribution is 2.29. The number of carbonyl (C=O) groups is 2. The molecule has 0 bridgehead atoms. The molecule has 2 atom stereocenters. The van der Waals surface area contributed by atoms with Crippen LogP contribution in [0.4, 0.5) is 0 Å². The Kier molecular flexibility index (Phi) is 3.74. The molecular weight excluding hydrogens is 246 g/mol. The van der Waals surface area contributed by atoms with Gasteiger partial charge in [0.2, 0.25) is 5.91 Å². The quantitative estimate of drug-likeness (QED) is 0.839. The van der Waals surface area contributed by atoms with Crippen LogP contribution in [0.5, 0.6) is 5.75 Å². The topological polar surface area (TPSA) is 66.8 Å². The van der Waals surface area contributed by atoms with Crippen molar-refractivity contribution in [2.24, 2.45) is 5.92 Å². The number of benzene rings is 1. The average Bonchev–Trinajstić information content (AvgIpc) is 2.80. The minimum Gasteiger partial charge on any atom is -0.508 e. The van der Waals surface area contributed by atoms with Crippen molar-refractivity contribution in [1.29, 1.82) is 0 Å². The van der Waals surface area contributed by atoms with Gasteiger partial charge in [-0.15, -0.1) is 0 Å². The fourth-order valence-electron chi connectivity index (χ4n) is 2.36. The molecule has 19 heavy (non-hydrogen) atoms. The Morgan fingerprint density at radius 2 is 2.05 bits per heavy atom. The van der Waals surface area contributed by atoms with E-state index in [1.54, 1.807) is 29.2 Å². The second-order valence-corrected chi connectivity index (χ2v) is 4.74. The number of likely N-dealkylation sites (tertiary alicyclic amines) is 1. The van der Waals surface area contributed by atoms with Gasteiger partial charge in [-0.3, -0.25) is 9.59 Å². The molecule has 1 aromatic carbocycles.